The Kier molecular flexibility index (Phi) is 5.54. The van der Waals surface area contributed by atoms with Crippen LogP contribution >= 0.6 is 0 Å². The maximum Gasteiger partial charge on any atom is 0.0814 e. The van der Waals surface area contributed by atoms with Crippen molar-refractivity contribution in [2.75, 3.05) is 15.8 Å². The van der Waals surface area contributed by atoms with Crippen LogP contribution in [0.15, 0.2) is 140 Å². The van der Waals surface area contributed by atoms with Gasteiger partial charge in [-0.05, 0) is 72.0 Å². The minimum absolute atomic E-state index is 0.0288. The van der Waals surface area contributed by atoms with Gasteiger partial charge in [-0.15, -0.1) is 0 Å². The predicted molar refractivity (Wildman–Crippen MR) is 178 cm³/mol. The highest BCUT2D eigenvalue weighted by Crippen LogP contribution is 2.46. The zero-order valence-electron chi connectivity index (χ0n) is 23.4. The van der Waals surface area contributed by atoms with E-state index in [1.165, 1.54) is 43.7 Å². The molecule has 0 radical (unpaired) electrons. The van der Waals surface area contributed by atoms with Gasteiger partial charge >= 0.3 is 0 Å². The molecule has 42 heavy (non-hydrogen) atoms. The number of hydrazine groups is 1. The summed E-state index contributed by atoms with van der Waals surface area (Å²) in [5.74, 6) is 0. The third kappa shape index (κ3) is 3.62. The average Bonchev–Trinajstić information content (AvgIpc) is 3.38. The Hall–Kier alpha value is -5.48. The smallest absolute Gasteiger partial charge is 0.0814 e. The number of para-hydroxylation sites is 4. The van der Waals surface area contributed by atoms with E-state index in [2.05, 4.69) is 155 Å². The number of hydrogen-bond acceptors (Lipinski definition) is 3. The number of nitrogens with two attached hydrogens (primary N) is 1. The normalized spacial score (nSPS) is 13.2. The number of hydrogen-bond donors (Lipinski definition) is 1. The van der Waals surface area contributed by atoms with Gasteiger partial charge in [0.1, 0.15) is 0 Å². The summed E-state index contributed by atoms with van der Waals surface area (Å²) >= 11 is 0. The molecule has 0 saturated heterocycles. The van der Waals surface area contributed by atoms with Gasteiger partial charge in [0.05, 0.1) is 34.1 Å². The van der Waals surface area contributed by atoms with Gasteiger partial charge in [-0.25, -0.2) is 0 Å². The molecule has 1 aromatic heterocycles. The molecule has 0 fully saturated rings. The van der Waals surface area contributed by atoms with Crippen molar-refractivity contribution in [2.45, 2.75) is 13.0 Å². The number of rotatable bonds is 5. The van der Waals surface area contributed by atoms with Gasteiger partial charge in [0.25, 0.3) is 0 Å². The molecule has 4 heteroatoms. The van der Waals surface area contributed by atoms with Crippen LogP contribution < -0.4 is 15.8 Å². The first kappa shape index (κ1) is 24.3. The lowest BCUT2D eigenvalue weighted by atomic mass is 9.95. The third-order valence-corrected chi connectivity index (χ3v) is 8.53. The molecule has 1 atom stereocenters. The van der Waals surface area contributed by atoms with E-state index >= 15 is 0 Å². The average molecular weight is 543 g/mol. The van der Waals surface area contributed by atoms with Gasteiger partial charge in [0.2, 0.25) is 0 Å². The van der Waals surface area contributed by atoms with E-state index in [9.17, 15) is 0 Å². The van der Waals surface area contributed by atoms with Gasteiger partial charge < -0.3 is 10.3 Å². The number of fused-ring (bicyclic) bond motifs is 4. The molecule has 0 spiro atoms. The van der Waals surface area contributed by atoms with E-state index in [0.717, 1.165) is 22.7 Å². The van der Waals surface area contributed by atoms with E-state index in [1.807, 2.05) is 12.1 Å². The summed E-state index contributed by atoms with van der Waals surface area (Å²) < 4.78 is 2.39. The Morgan fingerprint density at radius 1 is 0.667 bits per heavy atom. The number of nitrogens with zero attached hydrogens (tertiary/aromatic N) is 3. The lowest BCUT2D eigenvalue weighted by Crippen LogP contribution is -2.42. The Bertz CT molecular complexity index is 2130. The fourth-order valence-electron chi connectivity index (χ4n) is 6.63. The number of nitrogen functional groups attached to an aromatic ring is 1. The van der Waals surface area contributed by atoms with E-state index in [0.29, 0.717) is 0 Å². The molecular formula is C38H30N4. The first-order valence-corrected chi connectivity index (χ1v) is 14.4. The second-order valence-electron chi connectivity index (χ2n) is 10.9. The van der Waals surface area contributed by atoms with Gasteiger partial charge in [0.15, 0.2) is 0 Å². The fraction of sp³-hybridized carbons (Fsp3) is 0.0526. The molecule has 1 unspecified atom stereocenters. The predicted octanol–water partition coefficient (Wildman–Crippen LogP) is 9.49. The van der Waals surface area contributed by atoms with E-state index in [1.54, 1.807) is 0 Å². The van der Waals surface area contributed by atoms with E-state index < -0.39 is 0 Å². The summed E-state index contributed by atoms with van der Waals surface area (Å²) in [4.78, 5) is 0. The van der Waals surface area contributed by atoms with Crippen LogP contribution in [0.3, 0.4) is 0 Å². The lowest BCUT2D eigenvalue weighted by molar-refractivity contribution is 0.677. The highest BCUT2D eigenvalue weighted by Gasteiger charge is 2.29. The zero-order chi connectivity index (χ0) is 28.2. The fourth-order valence-corrected chi connectivity index (χ4v) is 6.63. The second kappa shape index (κ2) is 9.57. The molecule has 7 aromatic rings. The Labute approximate surface area is 245 Å². The Morgan fingerprint density at radius 3 is 2.19 bits per heavy atom. The van der Waals surface area contributed by atoms with Crippen LogP contribution in [0, 0.1) is 0 Å². The first-order valence-electron chi connectivity index (χ1n) is 14.4. The highest BCUT2D eigenvalue weighted by atomic mass is 15.6. The van der Waals surface area contributed by atoms with Crippen molar-refractivity contribution in [1.29, 1.82) is 0 Å². The third-order valence-electron chi connectivity index (χ3n) is 8.53. The molecule has 6 aromatic carbocycles. The molecule has 0 amide bonds. The van der Waals surface area contributed by atoms with Crippen molar-refractivity contribution < 1.29 is 0 Å². The second-order valence-corrected chi connectivity index (χ2v) is 10.9. The quantitative estimate of drug-likeness (QED) is 0.220. The SMILES string of the molecule is CC(c1ccccc1)N(c1ccccc1N)N1C=Cc2c3c1cccc3cc1c2c2ccccc2n1-c1ccccc1. The number of anilines is 3. The van der Waals surface area contributed by atoms with Crippen LogP contribution in [-0.2, 0) is 0 Å². The maximum absolute atomic E-state index is 6.64. The number of benzene rings is 6. The zero-order valence-corrected chi connectivity index (χ0v) is 23.4. The van der Waals surface area contributed by atoms with Crippen LogP contribution in [0.1, 0.15) is 24.1 Å². The molecule has 4 nitrogen and oxygen atoms in total. The summed E-state index contributed by atoms with van der Waals surface area (Å²) in [7, 11) is 0. The summed E-state index contributed by atoms with van der Waals surface area (Å²) in [5.41, 5.74) is 15.5. The molecule has 2 heterocycles. The molecule has 2 N–H and O–H groups in total. The maximum atomic E-state index is 6.64. The molecule has 0 saturated carbocycles. The van der Waals surface area contributed by atoms with Crippen molar-refractivity contribution in [3.8, 4) is 5.69 Å². The molecule has 8 rings (SSSR count). The molecule has 1 aliphatic heterocycles. The Morgan fingerprint density at radius 2 is 1.38 bits per heavy atom. The largest absolute Gasteiger partial charge is 0.397 e. The molecule has 1 aliphatic rings. The van der Waals surface area contributed by atoms with Crippen molar-refractivity contribution in [3.63, 3.8) is 0 Å². The lowest BCUT2D eigenvalue weighted by Gasteiger charge is -2.42. The molecular weight excluding hydrogens is 512 g/mol. The van der Waals surface area contributed by atoms with Crippen LogP contribution in [0.25, 0.3) is 44.3 Å². The highest BCUT2D eigenvalue weighted by molar-refractivity contribution is 6.21. The topological polar surface area (TPSA) is 37.4 Å². The van der Waals surface area contributed by atoms with E-state index in [4.69, 9.17) is 5.73 Å². The molecule has 0 bridgehead atoms. The van der Waals surface area contributed by atoms with Crippen LogP contribution in [0.4, 0.5) is 17.1 Å². The first-order chi connectivity index (χ1) is 20.7. The molecule has 202 valence electrons. The van der Waals surface area contributed by atoms with Crippen LogP contribution in [0.2, 0.25) is 0 Å². The van der Waals surface area contributed by atoms with Crippen LogP contribution in [-0.4, -0.2) is 4.57 Å². The monoisotopic (exact) mass is 542 g/mol. The van der Waals surface area contributed by atoms with Gasteiger partial charge in [-0.1, -0.05) is 91.0 Å². The van der Waals surface area contributed by atoms with E-state index in [-0.39, 0.29) is 6.04 Å². The standard InChI is InChI=1S/C38H30N4/c1-26(27-13-4-2-5-14-27)42(34-21-11-9-19-32(34)39)40-24-23-31-37-28(15-12-22-35(37)40)25-36-38(31)30-18-8-10-20-33(30)41(36)29-16-6-3-7-17-29/h2-26H,39H2,1H3. The minimum Gasteiger partial charge on any atom is -0.397 e. The van der Waals surface area contributed by atoms with Crippen molar-refractivity contribution >= 4 is 55.7 Å². The van der Waals surface area contributed by atoms with Crippen molar-refractivity contribution in [2.24, 2.45) is 0 Å². The Balaban J connectivity index is 1.41. The summed E-state index contributed by atoms with van der Waals surface area (Å²) in [5, 5.41) is 9.56. The minimum atomic E-state index is 0.0288. The summed E-state index contributed by atoms with van der Waals surface area (Å²) in [6, 6.07) is 47.1. The van der Waals surface area contributed by atoms with Crippen molar-refractivity contribution in [3.05, 3.63) is 151 Å². The summed E-state index contributed by atoms with van der Waals surface area (Å²) in [6.45, 7) is 2.24. The van der Waals surface area contributed by atoms with Crippen molar-refractivity contribution in [1.82, 2.24) is 4.57 Å². The number of aromatic nitrogens is 1. The van der Waals surface area contributed by atoms with Gasteiger partial charge in [0, 0.05) is 28.0 Å². The summed E-state index contributed by atoms with van der Waals surface area (Å²) in [6.07, 6.45) is 4.49. The van der Waals surface area contributed by atoms with Crippen LogP contribution in [0.5, 0.6) is 0 Å². The van der Waals surface area contributed by atoms with Gasteiger partial charge in [-0.3, -0.25) is 10.0 Å². The molecule has 0 aliphatic carbocycles. The van der Waals surface area contributed by atoms with Gasteiger partial charge in [-0.2, -0.15) is 0 Å².